The topological polar surface area (TPSA) is 58.2 Å². The number of rotatable bonds is 6. The molecule has 0 aliphatic heterocycles. The van der Waals surface area contributed by atoms with Gasteiger partial charge in [-0.15, -0.1) is 0 Å². The molecule has 0 heterocycles. The smallest absolute Gasteiger partial charge is 0.240 e. The van der Waals surface area contributed by atoms with Crippen molar-refractivity contribution in [2.24, 2.45) is 0 Å². The zero-order valence-corrected chi connectivity index (χ0v) is 10.5. The Balaban J connectivity index is 2.79. The highest BCUT2D eigenvalue weighted by Gasteiger charge is 2.10. The van der Waals surface area contributed by atoms with Gasteiger partial charge in [-0.3, -0.25) is 0 Å². The summed E-state index contributed by atoms with van der Waals surface area (Å²) in [4.78, 5) is 0.311. The van der Waals surface area contributed by atoms with Crippen LogP contribution in [0.2, 0.25) is 0 Å². The molecule has 0 fully saturated rings. The number of benzene rings is 1. The molecule has 1 rings (SSSR count). The van der Waals surface area contributed by atoms with Crippen molar-refractivity contribution < 1.29 is 8.42 Å². The van der Waals surface area contributed by atoms with Crippen LogP contribution in [0.5, 0.6) is 0 Å². The van der Waals surface area contributed by atoms with Gasteiger partial charge < -0.3 is 5.32 Å². The first-order valence-corrected chi connectivity index (χ1v) is 6.81. The SMILES string of the molecule is CCCNCc1cccc(S(=O)(=O)NC)c1. The van der Waals surface area contributed by atoms with Gasteiger partial charge in [0.25, 0.3) is 0 Å². The molecule has 16 heavy (non-hydrogen) atoms. The fourth-order valence-corrected chi connectivity index (χ4v) is 2.15. The zero-order valence-electron chi connectivity index (χ0n) is 9.66. The molecule has 0 radical (unpaired) electrons. The van der Waals surface area contributed by atoms with Crippen LogP contribution in [0.3, 0.4) is 0 Å². The summed E-state index contributed by atoms with van der Waals surface area (Å²) in [6.07, 6.45) is 1.06. The minimum Gasteiger partial charge on any atom is -0.313 e. The molecule has 2 N–H and O–H groups in total. The average Bonchev–Trinajstić information content (AvgIpc) is 2.30. The molecular weight excluding hydrogens is 224 g/mol. The Hall–Kier alpha value is -0.910. The van der Waals surface area contributed by atoms with E-state index >= 15 is 0 Å². The maximum Gasteiger partial charge on any atom is 0.240 e. The van der Waals surface area contributed by atoms with Crippen LogP contribution in [0.1, 0.15) is 18.9 Å². The maximum atomic E-state index is 11.6. The van der Waals surface area contributed by atoms with Crippen molar-refractivity contribution in [2.75, 3.05) is 13.6 Å². The van der Waals surface area contributed by atoms with Crippen molar-refractivity contribution in [3.8, 4) is 0 Å². The first kappa shape index (κ1) is 13.2. The highest BCUT2D eigenvalue weighted by Crippen LogP contribution is 2.10. The summed E-state index contributed by atoms with van der Waals surface area (Å²) in [7, 11) is -1.92. The number of nitrogens with one attached hydrogen (secondary N) is 2. The van der Waals surface area contributed by atoms with Gasteiger partial charge in [0.15, 0.2) is 0 Å². The first-order valence-electron chi connectivity index (χ1n) is 5.33. The summed E-state index contributed by atoms with van der Waals surface area (Å²) < 4.78 is 25.4. The Morgan fingerprint density at radius 1 is 1.31 bits per heavy atom. The van der Waals surface area contributed by atoms with Crippen molar-refractivity contribution in [3.05, 3.63) is 29.8 Å². The van der Waals surface area contributed by atoms with Crippen LogP contribution < -0.4 is 10.0 Å². The highest BCUT2D eigenvalue weighted by molar-refractivity contribution is 7.89. The predicted octanol–water partition coefficient (Wildman–Crippen LogP) is 1.09. The summed E-state index contributed by atoms with van der Waals surface area (Å²) in [5, 5.41) is 3.23. The summed E-state index contributed by atoms with van der Waals surface area (Å²) in [5.74, 6) is 0. The molecule has 0 unspecified atom stereocenters. The average molecular weight is 242 g/mol. The van der Waals surface area contributed by atoms with E-state index in [4.69, 9.17) is 0 Å². The second kappa shape index (κ2) is 5.98. The summed E-state index contributed by atoms with van der Waals surface area (Å²) >= 11 is 0. The molecule has 0 spiro atoms. The van der Waals surface area contributed by atoms with Crippen LogP contribution in [0.4, 0.5) is 0 Å². The molecule has 0 atom stereocenters. The lowest BCUT2D eigenvalue weighted by Crippen LogP contribution is -2.19. The summed E-state index contributed by atoms with van der Waals surface area (Å²) in [5.41, 5.74) is 0.977. The lowest BCUT2D eigenvalue weighted by Gasteiger charge is -2.06. The fraction of sp³-hybridized carbons (Fsp3) is 0.455. The molecule has 0 aliphatic carbocycles. The monoisotopic (exact) mass is 242 g/mol. The van der Waals surface area contributed by atoms with Crippen molar-refractivity contribution in [2.45, 2.75) is 24.8 Å². The Morgan fingerprint density at radius 2 is 2.06 bits per heavy atom. The first-order chi connectivity index (χ1) is 7.60. The van der Waals surface area contributed by atoms with Crippen LogP contribution in [-0.4, -0.2) is 22.0 Å². The largest absolute Gasteiger partial charge is 0.313 e. The molecule has 5 heteroatoms. The second-order valence-electron chi connectivity index (χ2n) is 3.53. The fourth-order valence-electron chi connectivity index (χ4n) is 1.35. The van der Waals surface area contributed by atoms with Gasteiger partial charge in [0.2, 0.25) is 10.0 Å². The van der Waals surface area contributed by atoms with Gasteiger partial charge in [0.1, 0.15) is 0 Å². The Bertz CT molecular complexity index is 429. The predicted molar refractivity (Wildman–Crippen MR) is 64.7 cm³/mol. The molecule has 0 bridgehead atoms. The Kier molecular flexibility index (Phi) is 4.92. The van der Waals surface area contributed by atoms with E-state index in [-0.39, 0.29) is 0 Å². The quantitative estimate of drug-likeness (QED) is 0.734. The van der Waals surface area contributed by atoms with Crippen LogP contribution >= 0.6 is 0 Å². The van der Waals surface area contributed by atoms with E-state index in [0.29, 0.717) is 11.4 Å². The molecule has 0 saturated heterocycles. The van der Waals surface area contributed by atoms with Crippen LogP contribution in [0.15, 0.2) is 29.2 Å². The van der Waals surface area contributed by atoms with Gasteiger partial charge in [0.05, 0.1) is 4.90 Å². The minimum atomic E-state index is -3.33. The normalized spacial score (nSPS) is 11.6. The van der Waals surface area contributed by atoms with E-state index in [2.05, 4.69) is 17.0 Å². The zero-order chi connectivity index (χ0) is 12.0. The third-order valence-electron chi connectivity index (χ3n) is 2.23. The van der Waals surface area contributed by atoms with Crippen molar-refractivity contribution in [3.63, 3.8) is 0 Å². The highest BCUT2D eigenvalue weighted by atomic mass is 32.2. The van der Waals surface area contributed by atoms with Gasteiger partial charge in [-0.05, 0) is 37.7 Å². The third-order valence-corrected chi connectivity index (χ3v) is 3.65. The Morgan fingerprint density at radius 3 is 2.69 bits per heavy atom. The van der Waals surface area contributed by atoms with Gasteiger partial charge in [-0.2, -0.15) is 0 Å². The van der Waals surface area contributed by atoms with Crippen molar-refractivity contribution in [1.82, 2.24) is 10.0 Å². The van der Waals surface area contributed by atoms with E-state index in [9.17, 15) is 8.42 Å². The molecule has 0 aliphatic rings. The lowest BCUT2D eigenvalue weighted by atomic mass is 10.2. The van der Waals surface area contributed by atoms with Gasteiger partial charge in [-0.1, -0.05) is 19.1 Å². The van der Waals surface area contributed by atoms with Crippen molar-refractivity contribution in [1.29, 1.82) is 0 Å². The molecular formula is C11H18N2O2S. The van der Waals surface area contributed by atoms with E-state index < -0.39 is 10.0 Å². The van der Waals surface area contributed by atoms with Gasteiger partial charge in [-0.25, -0.2) is 13.1 Å². The number of sulfonamides is 1. The van der Waals surface area contributed by atoms with E-state index in [1.807, 2.05) is 6.07 Å². The minimum absolute atomic E-state index is 0.311. The molecule has 4 nitrogen and oxygen atoms in total. The van der Waals surface area contributed by atoms with Crippen molar-refractivity contribution >= 4 is 10.0 Å². The van der Waals surface area contributed by atoms with E-state index in [1.54, 1.807) is 18.2 Å². The standard InChI is InChI=1S/C11H18N2O2S/c1-3-7-13-9-10-5-4-6-11(8-10)16(14,15)12-2/h4-6,8,12-13H,3,7,9H2,1-2H3. The summed E-state index contributed by atoms with van der Waals surface area (Å²) in [6.45, 7) is 3.72. The molecule has 90 valence electrons. The Labute approximate surface area is 97.1 Å². The second-order valence-corrected chi connectivity index (χ2v) is 5.42. The van der Waals surface area contributed by atoms with Crippen LogP contribution in [-0.2, 0) is 16.6 Å². The van der Waals surface area contributed by atoms with E-state index in [1.165, 1.54) is 7.05 Å². The van der Waals surface area contributed by atoms with Crippen LogP contribution in [0.25, 0.3) is 0 Å². The molecule has 0 amide bonds. The third kappa shape index (κ3) is 3.59. The van der Waals surface area contributed by atoms with E-state index in [0.717, 1.165) is 18.5 Å². The van der Waals surface area contributed by atoms with Crippen LogP contribution in [0, 0.1) is 0 Å². The van der Waals surface area contributed by atoms with Gasteiger partial charge >= 0.3 is 0 Å². The summed E-state index contributed by atoms with van der Waals surface area (Å²) in [6, 6.07) is 6.95. The number of hydrogen-bond donors (Lipinski definition) is 2. The molecule has 0 aromatic heterocycles. The molecule has 0 saturated carbocycles. The maximum absolute atomic E-state index is 11.6. The lowest BCUT2D eigenvalue weighted by molar-refractivity contribution is 0.588. The van der Waals surface area contributed by atoms with Gasteiger partial charge in [0, 0.05) is 6.54 Å². The molecule has 1 aromatic rings. The number of hydrogen-bond acceptors (Lipinski definition) is 3. The molecule has 1 aromatic carbocycles.